The molecule has 0 aliphatic carbocycles. The Bertz CT molecular complexity index is 1210. The fourth-order valence-electron chi connectivity index (χ4n) is 2.83. The number of rotatable bonds is 5. The number of carbonyl (C=O) groups is 1. The predicted molar refractivity (Wildman–Crippen MR) is 107 cm³/mol. The second-order valence-corrected chi connectivity index (χ2v) is 8.80. The van der Waals surface area contributed by atoms with Crippen LogP contribution in [0.1, 0.15) is 11.1 Å². The molecule has 0 saturated heterocycles. The molecule has 0 unspecified atom stereocenters. The van der Waals surface area contributed by atoms with Gasteiger partial charge in [-0.1, -0.05) is 17.4 Å². The maximum atomic E-state index is 12.8. The van der Waals surface area contributed by atoms with Crippen molar-refractivity contribution in [1.82, 2.24) is 4.57 Å². The summed E-state index contributed by atoms with van der Waals surface area (Å²) in [6, 6.07) is 9.90. The predicted octanol–water partition coefficient (Wildman–Crippen LogP) is 2.79. The fourth-order valence-corrected chi connectivity index (χ4v) is 5.11. The zero-order valence-electron chi connectivity index (χ0n) is 15.9. The van der Waals surface area contributed by atoms with E-state index in [1.807, 2.05) is 26.0 Å². The van der Waals surface area contributed by atoms with Crippen LogP contribution in [0.4, 0.5) is 0 Å². The fraction of sp³-hybridized carbons (Fsp3) is 0.263. The Kier molecular flexibility index (Phi) is 5.57. The molecule has 9 heteroatoms. The van der Waals surface area contributed by atoms with Crippen molar-refractivity contribution in [3.63, 3.8) is 0 Å². The Hall–Kier alpha value is -2.65. The first kappa shape index (κ1) is 20.1. The van der Waals surface area contributed by atoms with Crippen molar-refractivity contribution < 1.29 is 22.7 Å². The number of aryl methyl sites for hydroxylation is 2. The second-order valence-electron chi connectivity index (χ2n) is 6.22. The van der Waals surface area contributed by atoms with Crippen LogP contribution in [0.5, 0.6) is 5.75 Å². The van der Waals surface area contributed by atoms with Gasteiger partial charge in [0.15, 0.2) is 0 Å². The minimum absolute atomic E-state index is 0.0447. The van der Waals surface area contributed by atoms with Gasteiger partial charge in [-0.25, -0.2) is 0 Å². The summed E-state index contributed by atoms with van der Waals surface area (Å²) in [5.74, 6) is 0.0646. The highest BCUT2D eigenvalue weighted by atomic mass is 32.2. The van der Waals surface area contributed by atoms with Crippen molar-refractivity contribution in [2.45, 2.75) is 25.3 Å². The van der Waals surface area contributed by atoms with Gasteiger partial charge in [-0.15, -0.1) is 4.40 Å². The van der Waals surface area contributed by atoms with Crippen LogP contribution in [0.25, 0.3) is 10.2 Å². The van der Waals surface area contributed by atoms with Crippen molar-refractivity contribution in [3.8, 4) is 5.75 Å². The zero-order valence-corrected chi connectivity index (χ0v) is 17.6. The lowest BCUT2D eigenvalue weighted by Gasteiger charge is -2.06. The number of fused-ring (bicyclic) bond motifs is 1. The first-order chi connectivity index (χ1) is 13.2. The highest BCUT2D eigenvalue weighted by molar-refractivity contribution is 7.90. The molecular formula is C19H20N2O5S2. The Labute approximate surface area is 166 Å². The second kappa shape index (κ2) is 7.76. The Morgan fingerprint density at radius 2 is 1.82 bits per heavy atom. The van der Waals surface area contributed by atoms with E-state index in [9.17, 15) is 13.2 Å². The number of benzene rings is 2. The van der Waals surface area contributed by atoms with Gasteiger partial charge in [0.25, 0.3) is 10.0 Å². The molecule has 0 atom stereocenters. The molecule has 0 aliphatic heterocycles. The molecule has 0 saturated carbocycles. The normalized spacial score (nSPS) is 12.4. The number of aromatic nitrogens is 1. The molecule has 0 amide bonds. The van der Waals surface area contributed by atoms with E-state index in [2.05, 4.69) is 4.40 Å². The van der Waals surface area contributed by atoms with Crippen LogP contribution in [-0.4, -0.2) is 33.2 Å². The van der Waals surface area contributed by atoms with Gasteiger partial charge in [-0.05, 0) is 55.3 Å². The minimum Gasteiger partial charge on any atom is -0.497 e. The van der Waals surface area contributed by atoms with E-state index in [0.29, 0.717) is 5.75 Å². The van der Waals surface area contributed by atoms with E-state index < -0.39 is 16.0 Å². The molecule has 28 heavy (non-hydrogen) atoms. The Balaban J connectivity index is 2.23. The third kappa shape index (κ3) is 3.95. The first-order valence-electron chi connectivity index (χ1n) is 8.37. The topological polar surface area (TPSA) is 87.0 Å². The van der Waals surface area contributed by atoms with Crippen molar-refractivity contribution in [2.75, 3.05) is 14.2 Å². The molecule has 0 aliphatic rings. The van der Waals surface area contributed by atoms with E-state index in [1.165, 1.54) is 37.7 Å². The van der Waals surface area contributed by atoms with Crippen molar-refractivity contribution in [3.05, 3.63) is 52.3 Å². The SMILES string of the molecule is COC(=O)Cn1/c(=N/S(=O)(=O)c2ccc(OC)cc2)sc2c(C)cc(C)cc21. The zero-order chi connectivity index (χ0) is 20.5. The summed E-state index contributed by atoms with van der Waals surface area (Å²) in [7, 11) is -1.17. The molecule has 7 nitrogen and oxygen atoms in total. The average molecular weight is 421 g/mol. The third-order valence-corrected chi connectivity index (χ3v) is 6.81. The number of carbonyl (C=O) groups excluding carboxylic acids is 1. The Morgan fingerprint density at radius 1 is 1.14 bits per heavy atom. The highest BCUT2D eigenvalue weighted by Crippen LogP contribution is 2.24. The van der Waals surface area contributed by atoms with Crippen LogP contribution in [0, 0.1) is 13.8 Å². The number of hydrogen-bond acceptors (Lipinski definition) is 6. The lowest BCUT2D eigenvalue weighted by molar-refractivity contribution is -0.141. The number of esters is 1. The van der Waals surface area contributed by atoms with E-state index in [1.54, 1.807) is 16.7 Å². The van der Waals surface area contributed by atoms with Gasteiger partial charge < -0.3 is 14.0 Å². The van der Waals surface area contributed by atoms with Crippen molar-refractivity contribution in [2.24, 2.45) is 4.40 Å². The standard InChI is InChI=1S/C19H20N2O5S2/c1-12-9-13(2)18-16(10-12)21(11-17(22)26-4)19(27-18)20-28(23,24)15-7-5-14(25-3)6-8-15/h5-10H,11H2,1-4H3/b20-19-. The van der Waals surface area contributed by atoms with Crippen molar-refractivity contribution in [1.29, 1.82) is 0 Å². The summed E-state index contributed by atoms with van der Waals surface area (Å²) >= 11 is 1.23. The van der Waals surface area contributed by atoms with E-state index in [0.717, 1.165) is 21.3 Å². The summed E-state index contributed by atoms with van der Waals surface area (Å²) in [6.45, 7) is 3.75. The lowest BCUT2D eigenvalue weighted by Crippen LogP contribution is -2.22. The van der Waals surface area contributed by atoms with Gasteiger partial charge >= 0.3 is 5.97 Å². The van der Waals surface area contributed by atoms with Crippen LogP contribution in [-0.2, 0) is 26.1 Å². The van der Waals surface area contributed by atoms with Crippen LogP contribution < -0.4 is 9.54 Å². The lowest BCUT2D eigenvalue weighted by atomic mass is 10.1. The molecule has 2 aromatic carbocycles. The van der Waals surface area contributed by atoms with Crippen LogP contribution in [0.2, 0.25) is 0 Å². The number of ether oxygens (including phenoxy) is 2. The molecule has 3 rings (SSSR count). The van der Waals surface area contributed by atoms with E-state index >= 15 is 0 Å². The summed E-state index contributed by atoms with van der Waals surface area (Å²) in [6.07, 6.45) is 0. The molecule has 0 N–H and O–H groups in total. The van der Waals surface area contributed by atoms with Crippen LogP contribution in [0.15, 0.2) is 45.7 Å². The van der Waals surface area contributed by atoms with Gasteiger partial charge in [-0.3, -0.25) is 4.79 Å². The molecule has 148 valence electrons. The number of thiazole rings is 1. The molecule has 0 radical (unpaired) electrons. The van der Waals surface area contributed by atoms with Gasteiger partial charge in [0.1, 0.15) is 12.3 Å². The van der Waals surface area contributed by atoms with Gasteiger partial charge in [0.05, 0.1) is 29.3 Å². The van der Waals surface area contributed by atoms with Crippen LogP contribution in [0.3, 0.4) is 0 Å². The van der Waals surface area contributed by atoms with E-state index in [-0.39, 0.29) is 16.2 Å². The summed E-state index contributed by atoms with van der Waals surface area (Å²) in [4.78, 5) is 12.2. The maximum Gasteiger partial charge on any atom is 0.325 e. The van der Waals surface area contributed by atoms with Gasteiger partial charge in [0, 0.05) is 0 Å². The largest absolute Gasteiger partial charge is 0.497 e. The number of sulfonamides is 1. The molecule has 1 aromatic heterocycles. The molecule has 0 bridgehead atoms. The number of nitrogens with zero attached hydrogens (tertiary/aromatic N) is 2. The van der Waals surface area contributed by atoms with Gasteiger partial charge in [0.2, 0.25) is 4.80 Å². The van der Waals surface area contributed by atoms with Crippen LogP contribution >= 0.6 is 11.3 Å². The van der Waals surface area contributed by atoms with Gasteiger partial charge in [-0.2, -0.15) is 8.42 Å². The molecule has 3 aromatic rings. The maximum absolute atomic E-state index is 12.8. The molecular weight excluding hydrogens is 400 g/mol. The minimum atomic E-state index is -3.97. The highest BCUT2D eigenvalue weighted by Gasteiger charge is 2.17. The summed E-state index contributed by atoms with van der Waals surface area (Å²) in [5, 5.41) is 0. The molecule has 0 fully saturated rings. The molecule has 1 heterocycles. The summed E-state index contributed by atoms with van der Waals surface area (Å²) in [5.41, 5.74) is 2.74. The summed E-state index contributed by atoms with van der Waals surface area (Å²) < 4.78 is 41.9. The monoisotopic (exact) mass is 420 g/mol. The first-order valence-corrected chi connectivity index (χ1v) is 10.6. The smallest absolute Gasteiger partial charge is 0.325 e. The van der Waals surface area contributed by atoms with Crippen molar-refractivity contribution >= 4 is 37.5 Å². The number of hydrogen-bond donors (Lipinski definition) is 0. The number of methoxy groups -OCH3 is 2. The Morgan fingerprint density at radius 3 is 2.43 bits per heavy atom. The molecule has 0 spiro atoms. The third-order valence-electron chi connectivity index (χ3n) is 4.18. The average Bonchev–Trinajstić information content (AvgIpc) is 2.98. The van der Waals surface area contributed by atoms with E-state index in [4.69, 9.17) is 9.47 Å². The quantitative estimate of drug-likeness (QED) is 0.593.